The Morgan fingerprint density at radius 2 is 2.40 bits per heavy atom. The largest absolute Gasteiger partial charge is 0.468 e. The molecule has 0 spiro atoms. The molecular formula is C10H12N2O3. The van der Waals surface area contributed by atoms with Crippen molar-refractivity contribution in [3.63, 3.8) is 0 Å². The normalized spacial score (nSPS) is 22.9. The average molecular weight is 208 g/mol. The summed E-state index contributed by atoms with van der Waals surface area (Å²) in [5, 5.41) is 5.28. The first-order chi connectivity index (χ1) is 7.16. The second-order valence-electron chi connectivity index (χ2n) is 3.57. The molecule has 1 saturated heterocycles. The Labute approximate surface area is 86.8 Å². The maximum atomic E-state index is 11.3. The first kappa shape index (κ1) is 9.92. The summed E-state index contributed by atoms with van der Waals surface area (Å²) < 4.78 is 5.19. The van der Waals surface area contributed by atoms with Gasteiger partial charge in [-0.15, -0.1) is 0 Å². The fourth-order valence-corrected chi connectivity index (χ4v) is 1.61. The molecule has 0 bridgehead atoms. The minimum Gasteiger partial charge on any atom is -0.468 e. The zero-order valence-electron chi connectivity index (χ0n) is 8.32. The lowest BCUT2D eigenvalue weighted by atomic mass is 10.2. The fourth-order valence-electron chi connectivity index (χ4n) is 1.61. The summed E-state index contributed by atoms with van der Waals surface area (Å²) in [6.45, 7) is 1.88. The number of carbonyl (C=O) groups excluding carboxylic acids is 2. The maximum Gasteiger partial charge on any atom is 0.244 e. The molecule has 2 N–H and O–H groups in total. The van der Waals surface area contributed by atoms with E-state index in [1.165, 1.54) is 0 Å². The zero-order chi connectivity index (χ0) is 10.8. The third kappa shape index (κ3) is 2.07. The van der Waals surface area contributed by atoms with E-state index in [2.05, 4.69) is 10.6 Å². The number of hydrogen-bond acceptors (Lipinski definition) is 4. The van der Waals surface area contributed by atoms with Crippen LogP contribution in [0.5, 0.6) is 0 Å². The van der Waals surface area contributed by atoms with Crippen molar-refractivity contribution in [3.8, 4) is 0 Å². The number of carbonyl (C=O) groups is 2. The van der Waals surface area contributed by atoms with E-state index in [-0.39, 0.29) is 24.3 Å². The molecule has 1 aliphatic rings. The van der Waals surface area contributed by atoms with E-state index < -0.39 is 6.04 Å². The SMILES string of the molecule is CC(NC1CC(=O)NC1=O)c1ccco1. The number of imide groups is 1. The quantitative estimate of drug-likeness (QED) is 0.703. The van der Waals surface area contributed by atoms with Crippen LogP contribution in [-0.2, 0) is 9.59 Å². The lowest BCUT2D eigenvalue weighted by molar-refractivity contribution is -0.125. The highest BCUT2D eigenvalue weighted by Gasteiger charge is 2.31. The molecule has 0 radical (unpaired) electrons. The van der Waals surface area contributed by atoms with Gasteiger partial charge in [0.25, 0.3) is 0 Å². The molecule has 1 aliphatic heterocycles. The van der Waals surface area contributed by atoms with Crippen LogP contribution in [0.4, 0.5) is 0 Å². The van der Waals surface area contributed by atoms with Crippen molar-refractivity contribution >= 4 is 11.8 Å². The molecule has 0 aromatic carbocycles. The van der Waals surface area contributed by atoms with Crippen molar-refractivity contribution in [2.75, 3.05) is 0 Å². The van der Waals surface area contributed by atoms with Crippen LogP contribution >= 0.6 is 0 Å². The Bertz CT molecular complexity index is 372. The highest BCUT2D eigenvalue weighted by Crippen LogP contribution is 2.15. The molecule has 1 aromatic heterocycles. The molecular weight excluding hydrogens is 196 g/mol. The molecule has 1 fully saturated rings. The van der Waals surface area contributed by atoms with Gasteiger partial charge in [0.2, 0.25) is 11.8 Å². The second-order valence-corrected chi connectivity index (χ2v) is 3.57. The minimum atomic E-state index is -0.447. The lowest BCUT2D eigenvalue weighted by Crippen LogP contribution is -2.37. The Hall–Kier alpha value is -1.62. The van der Waals surface area contributed by atoms with E-state index >= 15 is 0 Å². The maximum absolute atomic E-state index is 11.3. The van der Waals surface area contributed by atoms with E-state index in [1.807, 2.05) is 13.0 Å². The average Bonchev–Trinajstić information content (AvgIpc) is 2.76. The molecule has 2 rings (SSSR count). The highest BCUT2D eigenvalue weighted by atomic mass is 16.3. The van der Waals surface area contributed by atoms with Gasteiger partial charge >= 0.3 is 0 Å². The van der Waals surface area contributed by atoms with Crippen LogP contribution in [0.3, 0.4) is 0 Å². The van der Waals surface area contributed by atoms with Crippen molar-refractivity contribution < 1.29 is 14.0 Å². The van der Waals surface area contributed by atoms with Crippen molar-refractivity contribution in [1.82, 2.24) is 10.6 Å². The molecule has 2 atom stereocenters. The first-order valence-electron chi connectivity index (χ1n) is 4.80. The molecule has 0 aliphatic carbocycles. The van der Waals surface area contributed by atoms with E-state index in [4.69, 9.17) is 4.42 Å². The molecule has 15 heavy (non-hydrogen) atoms. The Morgan fingerprint density at radius 3 is 2.93 bits per heavy atom. The number of rotatable bonds is 3. The monoisotopic (exact) mass is 208 g/mol. The smallest absolute Gasteiger partial charge is 0.244 e. The molecule has 2 heterocycles. The Morgan fingerprint density at radius 1 is 1.60 bits per heavy atom. The van der Waals surface area contributed by atoms with Crippen LogP contribution in [0, 0.1) is 0 Å². The van der Waals surface area contributed by atoms with Crippen molar-refractivity contribution in [3.05, 3.63) is 24.2 Å². The van der Waals surface area contributed by atoms with Crippen molar-refractivity contribution in [2.45, 2.75) is 25.4 Å². The molecule has 5 nitrogen and oxygen atoms in total. The van der Waals surface area contributed by atoms with Crippen LogP contribution in [0.2, 0.25) is 0 Å². The van der Waals surface area contributed by atoms with Crippen LogP contribution < -0.4 is 10.6 Å². The predicted octanol–water partition coefficient (Wildman–Crippen LogP) is 0.345. The topological polar surface area (TPSA) is 71.3 Å². The van der Waals surface area contributed by atoms with Crippen LogP contribution in [0.1, 0.15) is 25.1 Å². The van der Waals surface area contributed by atoms with Gasteiger partial charge in [-0.3, -0.25) is 20.2 Å². The summed E-state index contributed by atoms with van der Waals surface area (Å²) in [7, 11) is 0. The van der Waals surface area contributed by atoms with Crippen LogP contribution in [0.25, 0.3) is 0 Å². The lowest BCUT2D eigenvalue weighted by Gasteiger charge is -2.14. The van der Waals surface area contributed by atoms with Gasteiger partial charge in [0.15, 0.2) is 0 Å². The molecule has 80 valence electrons. The first-order valence-corrected chi connectivity index (χ1v) is 4.80. The Balaban J connectivity index is 1.98. The van der Waals surface area contributed by atoms with Gasteiger partial charge in [0.05, 0.1) is 24.8 Å². The van der Waals surface area contributed by atoms with E-state index in [0.717, 1.165) is 5.76 Å². The highest BCUT2D eigenvalue weighted by molar-refractivity contribution is 6.05. The van der Waals surface area contributed by atoms with E-state index in [9.17, 15) is 9.59 Å². The summed E-state index contributed by atoms with van der Waals surface area (Å²) in [6.07, 6.45) is 1.78. The molecule has 1 aromatic rings. The molecule has 2 amide bonds. The molecule has 0 saturated carbocycles. The van der Waals surface area contributed by atoms with Gasteiger partial charge in [-0.25, -0.2) is 0 Å². The minimum absolute atomic E-state index is 0.0818. The fraction of sp³-hybridized carbons (Fsp3) is 0.400. The van der Waals surface area contributed by atoms with Crippen molar-refractivity contribution in [1.29, 1.82) is 0 Å². The summed E-state index contributed by atoms with van der Waals surface area (Å²) in [4.78, 5) is 22.2. The third-order valence-corrected chi connectivity index (χ3v) is 2.39. The van der Waals surface area contributed by atoms with Gasteiger partial charge in [-0.1, -0.05) is 0 Å². The van der Waals surface area contributed by atoms with E-state index in [0.29, 0.717) is 0 Å². The van der Waals surface area contributed by atoms with Gasteiger partial charge in [0, 0.05) is 0 Å². The van der Waals surface area contributed by atoms with Crippen LogP contribution in [-0.4, -0.2) is 17.9 Å². The summed E-state index contributed by atoms with van der Waals surface area (Å²) >= 11 is 0. The summed E-state index contributed by atoms with van der Waals surface area (Å²) in [5.74, 6) is 0.254. The number of amides is 2. The van der Waals surface area contributed by atoms with E-state index in [1.54, 1.807) is 12.3 Å². The van der Waals surface area contributed by atoms with Crippen LogP contribution in [0.15, 0.2) is 22.8 Å². The Kier molecular flexibility index (Phi) is 2.55. The van der Waals surface area contributed by atoms with Gasteiger partial charge < -0.3 is 4.42 Å². The van der Waals surface area contributed by atoms with Gasteiger partial charge in [-0.05, 0) is 19.1 Å². The van der Waals surface area contributed by atoms with Gasteiger partial charge in [0.1, 0.15) is 5.76 Å². The number of furan rings is 1. The third-order valence-electron chi connectivity index (χ3n) is 2.39. The summed E-state index contributed by atoms with van der Waals surface area (Å²) in [5.41, 5.74) is 0. The standard InChI is InChI=1S/C10H12N2O3/c1-6(8-3-2-4-15-8)11-7-5-9(13)12-10(7)14/h2-4,6-7,11H,5H2,1H3,(H,12,13,14). The summed E-state index contributed by atoms with van der Waals surface area (Å²) in [6, 6.07) is 3.08. The zero-order valence-corrected chi connectivity index (χ0v) is 8.32. The predicted molar refractivity (Wildman–Crippen MR) is 51.8 cm³/mol. The molecule has 5 heteroatoms. The van der Waals surface area contributed by atoms with Crippen molar-refractivity contribution in [2.24, 2.45) is 0 Å². The number of hydrogen-bond donors (Lipinski definition) is 2. The second kappa shape index (κ2) is 3.86. The number of nitrogens with one attached hydrogen (secondary N) is 2. The van der Waals surface area contributed by atoms with Gasteiger partial charge in [-0.2, -0.15) is 0 Å². The molecule has 2 unspecified atom stereocenters.